The van der Waals surface area contributed by atoms with Crippen LogP contribution in [0.3, 0.4) is 0 Å². The van der Waals surface area contributed by atoms with Crippen LogP contribution >= 0.6 is 39.1 Å². The standard InChI is InChI=1S/C16H16BrCl2NO/c1-3-20-10(2)15-5-4-11(17)6-16(15)21-14-8-12(18)7-13(19)9-14/h4-10,20H,3H2,1-2H3. The Bertz CT molecular complexity index is 613. The van der Waals surface area contributed by atoms with Crippen molar-refractivity contribution >= 4 is 39.1 Å². The van der Waals surface area contributed by atoms with Crippen LogP contribution in [0.5, 0.6) is 11.5 Å². The van der Waals surface area contributed by atoms with E-state index in [0.29, 0.717) is 15.8 Å². The highest BCUT2D eigenvalue weighted by Gasteiger charge is 2.12. The van der Waals surface area contributed by atoms with Crippen molar-refractivity contribution in [3.05, 3.63) is 56.5 Å². The number of ether oxygens (including phenoxy) is 1. The van der Waals surface area contributed by atoms with Crippen LogP contribution in [0.15, 0.2) is 40.9 Å². The molecule has 0 aliphatic rings. The van der Waals surface area contributed by atoms with Gasteiger partial charge >= 0.3 is 0 Å². The van der Waals surface area contributed by atoms with Crippen molar-refractivity contribution in [1.29, 1.82) is 0 Å². The molecule has 1 atom stereocenters. The summed E-state index contributed by atoms with van der Waals surface area (Å²) in [6.45, 7) is 5.07. The molecule has 21 heavy (non-hydrogen) atoms. The highest BCUT2D eigenvalue weighted by atomic mass is 79.9. The molecule has 5 heteroatoms. The summed E-state index contributed by atoms with van der Waals surface area (Å²) in [5.74, 6) is 1.40. The molecule has 0 spiro atoms. The van der Waals surface area contributed by atoms with E-state index in [-0.39, 0.29) is 6.04 Å². The molecule has 112 valence electrons. The first-order valence-electron chi connectivity index (χ1n) is 6.66. The van der Waals surface area contributed by atoms with Gasteiger partial charge in [0.2, 0.25) is 0 Å². The van der Waals surface area contributed by atoms with Gasteiger partial charge in [0.25, 0.3) is 0 Å². The zero-order chi connectivity index (χ0) is 15.4. The maximum Gasteiger partial charge on any atom is 0.133 e. The molecule has 0 saturated heterocycles. The Morgan fingerprint density at radius 1 is 1.14 bits per heavy atom. The molecule has 0 aromatic heterocycles. The fourth-order valence-corrected chi connectivity index (χ4v) is 2.93. The van der Waals surface area contributed by atoms with Crippen LogP contribution in [0.4, 0.5) is 0 Å². The summed E-state index contributed by atoms with van der Waals surface area (Å²) in [5.41, 5.74) is 1.08. The number of halogens is 3. The second kappa shape index (κ2) is 7.50. The van der Waals surface area contributed by atoms with E-state index in [1.807, 2.05) is 18.2 Å². The molecular formula is C16H16BrCl2NO. The largest absolute Gasteiger partial charge is 0.457 e. The van der Waals surface area contributed by atoms with Gasteiger partial charge in [-0.1, -0.05) is 52.1 Å². The van der Waals surface area contributed by atoms with Gasteiger partial charge in [-0.3, -0.25) is 0 Å². The summed E-state index contributed by atoms with van der Waals surface area (Å²) in [6, 6.07) is 11.3. The zero-order valence-corrected chi connectivity index (χ0v) is 14.9. The molecule has 0 amide bonds. The van der Waals surface area contributed by atoms with Crippen LogP contribution in [0, 0.1) is 0 Å². The van der Waals surface area contributed by atoms with Gasteiger partial charge in [0, 0.05) is 26.1 Å². The normalized spacial score (nSPS) is 12.2. The van der Waals surface area contributed by atoms with E-state index in [1.54, 1.807) is 18.2 Å². The summed E-state index contributed by atoms with van der Waals surface area (Å²) in [5, 5.41) is 4.48. The van der Waals surface area contributed by atoms with Gasteiger partial charge in [-0.15, -0.1) is 0 Å². The molecule has 2 rings (SSSR count). The third-order valence-corrected chi connectivity index (χ3v) is 3.95. The summed E-state index contributed by atoms with van der Waals surface area (Å²) in [7, 11) is 0. The lowest BCUT2D eigenvalue weighted by Crippen LogP contribution is -2.18. The fraction of sp³-hybridized carbons (Fsp3) is 0.250. The highest BCUT2D eigenvalue weighted by molar-refractivity contribution is 9.10. The summed E-state index contributed by atoms with van der Waals surface area (Å²) < 4.78 is 6.94. The zero-order valence-electron chi connectivity index (χ0n) is 11.8. The molecule has 2 aromatic rings. The van der Waals surface area contributed by atoms with Crippen molar-refractivity contribution in [2.45, 2.75) is 19.9 Å². The van der Waals surface area contributed by atoms with Gasteiger partial charge in [-0.05, 0) is 43.8 Å². The van der Waals surface area contributed by atoms with Gasteiger partial charge < -0.3 is 10.1 Å². The smallest absolute Gasteiger partial charge is 0.133 e. The molecule has 1 N–H and O–H groups in total. The van der Waals surface area contributed by atoms with E-state index in [0.717, 1.165) is 22.3 Å². The predicted molar refractivity (Wildman–Crippen MR) is 92.8 cm³/mol. The number of hydrogen-bond donors (Lipinski definition) is 1. The molecule has 0 bridgehead atoms. The minimum Gasteiger partial charge on any atom is -0.457 e. The first-order valence-corrected chi connectivity index (χ1v) is 8.21. The molecule has 2 aromatic carbocycles. The van der Waals surface area contributed by atoms with Gasteiger partial charge in [-0.2, -0.15) is 0 Å². The second-order valence-electron chi connectivity index (χ2n) is 4.67. The average Bonchev–Trinajstić information content (AvgIpc) is 2.37. The minimum atomic E-state index is 0.188. The quantitative estimate of drug-likeness (QED) is 0.656. The fourth-order valence-electron chi connectivity index (χ4n) is 2.08. The topological polar surface area (TPSA) is 21.3 Å². The Morgan fingerprint density at radius 3 is 2.43 bits per heavy atom. The van der Waals surface area contributed by atoms with Gasteiger partial charge in [0.05, 0.1) is 0 Å². The Morgan fingerprint density at radius 2 is 1.81 bits per heavy atom. The lowest BCUT2D eigenvalue weighted by molar-refractivity contribution is 0.463. The van der Waals surface area contributed by atoms with Gasteiger partial charge in [0.1, 0.15) is 11.5 Å². The van der Waals surface area contributed by atoms with E-state index >= 15 is 0 Å². The first-order chi connectivity index (χ1) is 9.99. The van der Waals surface area contributed by atoms with E-state index < -0.39 is 0 Å². The van der Waals surface area contributed by atoms with Crippen molar-refractivity contribution < 1.29 is 4.74 Å². The van der Waals surface area contributed by atoms with E-state index in [2.05, 4.69) is 35.1 Å². The third kappa shape index (κ3) is 4.62. The molecule has 0 fully saturated rings. The van der Waals surface area contributed by atoms with Crippen molar-refractivity contribution in [2.75, 3.05) is 6.54 Å². The van der Waals surface area contributed by atoms with E-state index in [9.17, 15) is 0 Å². The SMILES string of the molecule is CCNC(C)c1ccc(Br)cc1Oc1cc(Cl)cc(Cl)c1. The van der Waals surface area contributed by atoms with Crippen molar-refractivity contribution in [3.63, 3.8) is 0 Å². The van der Waals surface area contributed by atoms with Gasteiger partial charge in [0.15, 0.2) is 0 Å². The predicted octanol–water partition coefficient (Wildman–Crippen LogP) is 6.22. The average molecular weight is 389 g/mol. The summed E-state index contributed by atoms with van der Waals surface area (Å²) >= 11 is 15.5. The van der Waals surface area contributed by atoms with E-state index in [1.165, 1.54) is 0 Å². The second-order valence-corrected chi connectivity index (χ2v) is 6.46. The Labute approximate surface area is 143 Å². The van der Waals surface area contributed by atoms with E-state index in [4.69, 9.17) is 27.9 Å². The van der Waals surface area contributed by atoms with Crippen LogP contribution in [0.25, 0.3) is 0 Å². The van der Waals surface area contributed by atoms with Crippen LogP contribution < -0.4 is 10.1 Å². The molecule has 2 nitrogen and oxygen atoms in total. The van der Waals surface area contributed by atoms with Crippen LogP contribution in [0.2, 0.25) is 10.0 Å². The van der Waals surface area contributed by atoms with Crippen LogP contribution in [-0.2, 0) is 0 Å². The van der Waals surface area contributed by atoms with Crippen molar-refractivity contribution in [1.82, 2.24) is 5.32 Å². The number of rotatable bonds is 5. The number of benzene rings is 2. The molecule has 0 aliphatic carbocycles. The van der Waals surface area contributed by atoms with Crippen LogP contribution in [0.1, 0.15) is 25.5 Å². The molecule has 0 saturated carbocycles. The molecule has 0 aliphatic heterocycles. The Balaban J connectivity index is 2.35. The van der Waals surface area contributed by atoms with Crippen LogP contribution in [-0.4, -0.2) is 6.54 Å². The maximum absolute atomic E-state index is 6.01. The molecular weight excluding hydrogens is 373 g/mol. The molecule has 0 radical (unpaired) electrons. The Kier molecular flexibility index (Phi) is 5.94. The maximum atomic E-state index is 6.01. The highest BCUT2D eigenvalue weighted by Crippen LogP contribution is 2.34. The molecule has 1 unspecified atom stereocenters. The lowest BCUT2D eigenvalue weighted by atomic mass is 10.1. The first kappa shape index (κ1) is 16.6. The third-order valence-electron chi connectivity index (χ3n) is 3.02. The number of nitrogens with one attached hydrogen (secondary N) is 1. The number of hydrogen-bond acceptors (Lipinski definition) is 2. The summed E-state index contributed by atoms with van der Waals surface area (Å²) in [4.78, 5) is 0. The van der Waals surface area contributed by atoms with Gasteiger partial charge in [-0.25, -0.2) is 0 Å². The lowest BCUT2D eigenvalue weighted by Gasteiger charge is -2.18. The Hall–Kier alpha value is -0.740. The monoisotopic (exact) mass is 387 g/mol. The molecule has 0 heterocycles. The summed E-state index contributed by atoms with van der Waals surface area (Å²) in [6.07, 6.45) is 0. The minimum absolute atomic E-state index is 0.188. The van der Waals surface area contributed by atoms with Crippen molar-refractivity contribution in [2.24, 2.45) is 0 Å². The van der Waals surface area contributed by atoms with Crippen molar-refractivity contribution in [3.8, 4) is 11.5 Å².